The maximum Gasteiger partial charge on any atom is 0.231 e. The summed E-state index contributed by atoms with van der Waals surface area (Å²) < 4.78 is 16.7. The van der Waals surface area contributed by atoms with Gasteiger partial charge >= 0.3 is 0 Å². The van der Waals surface area contributed by atoms with Crippen molar-refractivity contribution in [1.82, 2.24) is 4.90 Å². The summed E-state index contributed by atoms with van der Waals surface area (Å²) in [6.45, 7) is 2.47. The number of carbonyl (C=O) groups is 1. The Balaban J connectivity index is 1.71. The molecule has 1 aromatic carbocycles. The topological polar surface area (TPSA) is 115 Å². The number of hydrogen-bond acceptors (Lipinski definition) is 7. The number of nitrogens with zero attached hydrogens (tertiary/aromatic N) is 1. The Morgan fingerprint density at radius 1 is 1.14 bits per heavy atom. The highest BCUT2D eigenvalue weighted by Gasteiger charge is 2.27. The fourth-order valence-corrected chi connectivity index (χ4v) is 3.90. The van der Waals surface area contributed by atoms with Crippen molar-refractivity contribution in [2.45, 2.75) is 38.1 Å². The quantitative estimate of drug-likeness (QED) is 0.763. The third kappa shape index (κ3) is 4.22. The van der Waals surface area contributed by atoms with Gasteiger partial charge in [0, 0.05) is 12.5 Å². The minimum atomic E-state index is -0.712. The molecule has 8 heteroatoms. The Hall–Kier alpha value is -3.00. The van der Waals surface area contributed by atoms with E-state index < -0.39 is 23.0 Å². The van der Waals surface area contributed by atoms with Gasteiger partial charge in [0.1, 0.15) is 5.76 Å². The highest BCUT2D eigenvalue weighted by atomic mass is 16.7. The number of hydrogen-bond donors (Lipinski definition) is 2. The molecule has 4 rings (SSSR count). The summed E-state index contributed by atoms with van der Waals surface area (Å²) in [5.74, 6) is -0.162. The second-order valence-corrected chi connectivity index (χ2v) is 7.46. The van der Waals surface area contributed by atoms with Gasteiger partial charge in [-0.1, -0.05) is 12.5 Å². The summed E-state index contributed by atoms with van der Waals surface area (Å²) in [4.78, 5) is 26.4. The van der Waals surface area contributed by atoms with Crippen LogP contribution in [0.15, 0.2) is 33.5 Å². The van der Waals surface area contributed by atoms with Gasteiger partial charge in [-0.3, -0.25) is 14.5 Å². The smallest absolute Gasteiger partial charge is 0.231 e. The van der Waals surface area contributed by atoms with E-state index >= 15 is 0 Å². The van der Waals surface area contributed by atoms with E-state index in [0.717, 1.165) is 25.9 Å². The van der Waals surface area contributed by atoms with Gasteiger partial charge in [-0.2, -0.15) is 0 Å². The van der Waals surface area contributed by atoms with Crippen molar-refractivity contribution in [1.29, 1.82) is 0 Å². The number of amides is 1. The molecule has 0 spiro atoms. The fourth-order valence-electron chi connectivity index (χ4n) is 3.90. The number of primary amides is 1. The van der Waals surface area contributed by atoms with Gasteiger partial charge in [0.2, 0.25) is 23.9 Å². The van der Waals surface area contributed by atoms with Gasteiger partial charge in [-0.05, 0) is 43.6 Å². The van der Waals surface area contributed by atoms with Crippen molar-refractivity contribution in [3.8, 4) is 17.2 Å². The van der Waals surface area contributed by atoms with Crippen LogP contribution in [0.2, 0.25) is 0 Å². The predicted octanol–water partition coefficient (Wildman–Crippen LogP) is 2.07. The molecule has 0 saturated carbocycles. The van der Waals surface area contributed by atoms with E-state index in [-0.39, 0.29) is 19.0 Å². The molecule has 0 bridgehead atoms. The number of rotatable bonds is 6. The first-order valence-electron chi connectivity index (χ1n) is 9.77. The number of piperidine rings is 1. The monoisotopic (exact) mass is 400 g/mol. The number of fused-ring (bicyclic) bond motifs is 1. The zero-order valence-electron chi connectivity index (χ0n) is 16.1. The number of aromatic hydroxyl groups is 1. The van der Waals surface area contributed by atoms with E-state index in [9.17, 15) is 14.7 Å². The molecule has 1 fully saturated rings. The first-order valence-corrected chi connectivity index (χ1v) is 9.77. The first kappa shape index (κ1) is 19.3. The van der Waals surface area contributed by atoms with Crippen LogP contribution >= 0.6 is 0 Å². The van der Waals surface area contributed by atoms with E-state index in [2.05, 4.69) is 4.90 Å². The lowest BCUT2D eigenvalue weighted by atomic mass is 9.91. The summed E-state index contributed by atoms with van der Waals surface area (Å²) in [7, 11) is 0. The van der Waals surface area contributed by atoms with Gasteiger partial charge in [0.25, 0.3) is 0 Å². The molecule has 154 valence electrons. The number of benzene rings is 1. The largest absolute Gasteiger partial charge is 0.502 e. The van der Waals surface area contributed by atoms with Gasteiger partial charge in [-0.15, -0.1) is 0 Å². The normalized spacial score (nSPS) is 17.2. The minimum absolute atomic E-state index is 0.0437. The summed E-state index contributed by atoms with van der Waals surface area (Å²) in [6.07, 6.45) is 3.29. The van der Waals surface area contributed by atoms with Gasteiger partial charge < -0.3 is 24.7 Å². The molecule has 2 aliphatic rings. The van der Waals surface area contributed by atoms with Crippen LogP contribution in [-0.2, 0) is 11.3 Å². The summed E-state index contributed by atoms with van der Waals surface area (Å²) >= 11 is 0. The Labute approximate surface area is 167 Å². The molecule has 2 aliphatic heterocycles. The minimum Gasteiger partial charge on any atom is -0.502 e. The Bertz CT molecular complexity index is 964. The highest BCUT2D eigenvalue weighted by Crippen LogP contribution is 2.39. The third-order valence-electron chi connectivity index (χ3n) is 5.35. The van der Waals surface area contributed by atoms with Gasteiger partial charge in [0.05, 0.1) is 12.5 Å². The Kier molecular flexibility index (Phi) is 5.44. The summed E-state index contributed by atoms with van der Waals surface area (Å²) in [5.41, 5.74) is 5.56. The molecule has 2 aromatic rings. The SMILES string of the molecule is NC(=O)C[C@@H](c1ccc2c(c1)OCO2)c1oc(CN2CCCCC2)cc(=O)c1O. The third-order valence-corrected chi connectivity index (χ3v) is 5.35. The molecule has 0 radical (unpaired) electrons. The van der Waals surface area contributed by atoms with Gasteiger partial charge in [-0.25, -0.2) is 0 Å². The lowest BCUT2D eigenvalue weighted by Gasteiger charge is -2.26. The molecule has 29 heavy (non-hydrogen) atoms. The van der Waals surface area contributed by atoms with Crippen LogP contribution in [0, 0.1) is 0 Å². The standard InChI is InChI=1S/C21H24N2O6/c22-19(25)10-15(13-4-5-17-18(8-13)28-12-27-17)21-20(26)16(24)9-14(29-21)11-23-6-2-1-3-7-23/h4-5,8-9,15,26H,1-3,6-7,10-12H2,(H2,22,25)/t15-/m0/s1. The molecule has 1 amide bonds. The van der Waals surface area contributed by atoms with Crippen molar-refractivity contribution in [2.75, 3.05) is 19.9 Å². The van der Waals surface area contributed by atoms with Crippen LogP contribution < -0.4 is 20.6 Å². The average Bonchev–Trinajstić information content (AvgIpc) is 3.17. The maximum atomic E-state index is 12.4. The van der Waals surface area contributed by atoms with Crippen molar-refractivity contribution in [2.24, 2.45) is 5.73 Å². The molecule has 1 aromatic heterocycles. The van der Waals surface area contributed by atoms with Crippen LogP contribution in [0.4, 0.5) is 0 Å². The molecule has 1 saturated heterocycles. The second kappa shape index (κ2) is 8.16. The van der Waals surface area contributed by atoms with Crippen LogP contribution in [-0.4, -0.2) is 35.8 Å². The molecular formula is C21H24N2O6. The number of nitrogens with two attached hydrogens (primary N) is 1. The second-order valence-electron chi connectivity index (χ2n) is 7.46. The Morgan fingerprint density at radius 2 is 1.90 bits per heavy atom. The van der Waals surface area contributed by atoms with Crippen LogP contribution in [0.1, 0.15) is 48.7 Å². The number of carbonyl (C=O) groups excluding carboxylic acids is 1. The van der Waals surface area contributed by atoms with E-state index in [1.165, 1.54) is 12.5 Å². The van der Waals surface area contributed by atoms with Crippen molar-refractivity contribution < 1.29 is 23.8 Å². The highest BCUT2D eigenvalue weighted by molar-refractivity contribution is 5.75. The molecule has 0 unspecified atom stereocenters. The Morgan fingerprint density at radius 3 is 2.66 bits per heavy atom. The van der Waals surface area contributed by atoms with E-state index in [4.69, 9.17) is 19.6 Å². The van der Waals surface area contributed by atoms with E-state index in [1.807, 2.05) is 0 Å². The maximum absolute atomic E-state index is 12.4. The number of ether oxygens (including phenoxy) is 2. The molecule has 3 heterocycles. The lowest BCUT2D eigenvalue weighted by molar-refractivity contribution is -0.118. The van der Waals surface area contributed by atoms with Crippen molar-refractivity contribution in [3.63, 3.8) is 0 Å². The molecule has 1 atom stereocenters. The molecule has 8 nitrogen and oxygen atoms in total. The summed E-state index contributed by atoms with van der Waals surface area (Å²) in [5, 5.41) is 10.4. The summed E-state index contributed by atoms with van der Waals surface area (Å²) in [6, 6.07) is 6.50. The molecule has 3 N–H and O–H groups in total. The van der Waals surface area contributed by atoms with Gasteiger partial charge in [0.15, 0.2) is 17.3 Å². The fraction of sp³-hybridized carbons (Fsp3) is 0.429. The van der Waals surface area contributed by atoms with Crippen LogP contribution in [0.5, 0.6) is 17.2 Å². The van der Waals surface area contributed by atoms with Crippen molar-refractivity contribution >= 4 is 5.91 Å². The van der Waals surface area contributed by atoms with Crippen LogP contribution in [0.25, 0.3) is 0 Å². The van der Waals surface area contributed by atoms with Crippen LogP contribution in [0.3, 0.4) is 0 Å². The van der Waals surface area contributed by atoms with E-state index in [1.54, 1.807) is 18.2 Å². The average molecular weight is 400 g/mol. The lowest BCUT2D eigenvalue weighted by Crippen LogP contribution is -2.29. The molecule has 0 aliphatic carbocycles. The molecular weight excluding hydrogens is 376 g/mol. The predicted molar refractivity (Wildman–Crippen MR) is 104 cm³/mol. The number of likely N-dealkylation sites (tertiary alicyclic amines) is 1. The zero-order valence-corrected chi connectivity index (χ0v) is 16.1. The first-order chi connectivity index (χ1) is 14.0. The van der Waals surface area contributed by atoms with Crippen molar-refractivity contribution in [3.05, 3.63) is 51.6 Å². The van der Waals surface area contributed by atoms with E-state index in [0.29, 0.717) is 29.4 Å². The zero-order chi connectivity index (χ0) is 20.4.